The Hall–Kier alpha value is -6.30. The van der Waals surface area contributed by atoms with Crippen LogP contribution in [0.2, 0.25) is 0 Å². The van der Waals surface area contributed by atoms with Gasteiger partial charge >= 0.3 is 0 Å². The molecule has 8 rings (SSSR count). The predicted molar refractivity (Wildman–Crippen MR) is 246 cm³/mol. The maximum atomic E-state index is 16.0. The number of hydrogen-bond donors (Lipinski definition) is 0. The summed E-state index contributed by atoms with van der Waals surface area (Å²) in [5.41, 5.74) is 1.63. The van der Waals surface area contributed by atoms with Crippen molar-refractivity contribution in [3.8, 4) is 0 Å². The molecule has 0 heterocycles. The van der Waals surface area contributed by atoms with Gasteiger partial charge < -0.3 is 0 Å². The van der Waals surface area contributed by atoms with Crippen molar-refractivity contribution in [1.82, 2.24) is 0 Å². The number of Topliss-reactive ketones (excluding diaryl/α,β-unsaturated/α-hetero) is 2. The molecule has 8 aromatic rings. The number of ketones is 2. The van der Waals surface area contributed by atoms with Crippen molar-refractivity contribution in [2.45, 2.75) is 6.42 Å². The number of rotatable bonds is 12. The lowest BCUT2D eigenvalue weighted by Gasteiger charge is -2.34. The summed E-state index contributed by atoms with van der Waals surface area (Å²) in [6, 6.07) is 82.4. The first kappa shape index (κ1) is 37.6. The van der Waals surface area contributed by atoms with Gasteiger partial charge in [0.05, 0.1) is 6.42 Å². The number of benzene rings is 8. The first-order valence-corrected chi connectivity index (χ1v) is 22.8. The third-order valence-electron chi connectivity index (χ3n) is 10.5. The molecule has 0 aliphatic rings. The van der Waals surface area contributed by atoms with Crippen LogP contribution in [0.25, 0.3) is 0 Å². The molecule has 0 aromatic heterocycles. The zero-order chi connectivity index (χ0) is 38.9. The molecule has 8 aromatic carbocycles. The van der Waals surface area contributed by atoms with Gasteiger partial charge in [0.15, 0.2) is 11.6 Å². The van der Waals surface area contributed by atoms with Gasteiger partial charge in [-0.2, -0.15) is 0 Å². The van der Waals surface area contributed by atoms with Crippen LogP contribution < -0.4 is 31.8 Å². The molecule has 0 radical (unpaired) electrons. The van der Waals surface area contributed by atoms with Gasteiger partial charge in [-0.1, -0.05) is 243 Å². The first-order chi connectivity index (χ1) is 28.1. The normalized spacial score (nSPS) is 11.4. The van der Waals surface area contributed by atoms with Crippen LogP contribution in [0.3, 0.4) is 0 Å². The third-order valence-corrected chi connectivity index (χ3v) is 19.3. The summed E-state index contributed by atoms with van der Waals surface area (Å²) in [4.78, 5) is 31.9. The molecule has 57 heavy (non-hydrogen) atoms. The van der Waals surface area contributed by atoms with E-state index in [9.17, 15) is 0 Å². The van der Waals surface area contributed by atoms with Crippen LogP contribution in [0.1, 0.15) is 17.5 Å². The van der Waals surface area contributed by atoms with Gasteiger partial charge in [-0.15, -0.1) is 0 Å². The first-order valence-electron chi connectivity index (χ1n) is 19.2. The number of hydrogen-bond acceptors (Lipinski definition) is 2. The van der Waals surface area contributed by atoms with Gasteiger partial charge in [-0.25, -0.2) is 0 Å². The highest BCUT2D eigenvalue weighted by molar-refractivity contribution is 7.97. The summed E-state index contributed by atoms with van der Waals surface area (Å²) in [6.45, 7) is -5.80. The van der Waals surface area contributed by atoms with E-state index < -0.39 is 13.8 Å². The average molecular weight is 773 g/mol. The van der Waals surface area contributed by atoms with Crippen LogP contribution in [0, 0.1) is 0 Å². The van der Waals surface area contributed by atoms with E-state index in [4.69, 9.17) is 0 Å². The molecule has 0 N–H and O–H groups in total. The van der Waals surface area contributed by atoms with E-state index in [0.717, 1.165) is 43.0 Å². The Morgan fingerprint density at radius 2 is 0.439 bits per heavy atom. The van der Waals surface area contributed by atoms with Crippen LogP contribution in [0.4, 0.5) is 0 Å². The molecule has 0 aliphatic carbocycles. The van der Waals surface area contributed by atoms with Crippen molar-refractivity contribution in [3.63, 3.8) is 0 Å². The molecule has 0 unspecified atom stereocenters. The topological polar surface area (TPSA) is 34.1 Å². The average Bonchev–Trinajstić information content (AvgIpc) is 3.29. The van der Waals surface area contributed by atoms with Gasteiger partial charge in [0.2, 0.25) is 0 Å². The smallest absolute Gasteiger partial charge is 0.172 e. The van der Waals surface area contributed by atoms with E-state index >= 15 is 9.59 Å². The third kappa shape index (κ3) is 7.16. The maximum absolute atomic E-state index is 16.0. The van der Waals surface area contributed by atoms with E-state index in [1.54, 1.807) is 0 Å². The Morgan fingerprint density at radius 1 is 0.263 bits per heavy atom. The van der Waals surface area contributed by atoms with E-state index in [-0.39, 0.29) is 18.0 Å². The van der Waals surface area contributed by atoms with Crippen LogP contribution in [0.15, 0.2) is 243 Å². The Morgan fingerprint density at radius 3 is 0.632 bits per heavy atom. The summed E-state index contributed by atoms with van der Waals surface area (Å²) in [7, 11) is 0. The van der Waals surface area contributed by atoms with Crippen LogP contribution in [0.5, 0.6) is 0 Å². The standard InChI is InChI=1S/C53H42O2P2/c54-50(52(42-25-9-1-10-26-42)56(44-29-13-3-14-30-44,45-31-15-4-16-32-45)46-33-17-5-18-34-46)41-51(55)53(43-27-11-2-12-28-43)57(47-35-19-6-20-36-47,48-37-21-7-22-38-48)49-39-23-8-24-40-49/h1-40H,41H2. The minimum absolute atomic E-state index is 0.184. The second-order valence-corrected chi connectivity index (χ2v) is 20.5. The summed E-state index contributed by atoms with van der Waals surface area (Å²) < 4.78 is 0. The lowest BCUT2D eigenvalue weighted by molar-refractivity contribution is -0.119. The molecule has 0 atom stereocenters. The van der Waals surface area contributed by atoms with Gasteiger partial charge in [0.25, 0.3) is 0 Å². The molecule has 4 heteroatoms. The van der Waals surface area contributed by atoms with Crippen molar-refractivity contribution >= 4 is 67.8 Å². The summed E-state index contributed by atoms with van der Waals surface area (Å²) in [6.07, 6.45) is -0.309. The van der Waals surface area contributed by atoms with Crippen molar-refractivity contribution in [1.29, 1.82) is 0 Å². The lowest BCUT2D eigenvalue weighted by Crippen LogP contribution is -2.37. The molecule has 276 valence electrons. The highest BCUT2D eigenvalue weighted by atomic mass is 31.2. The molecule has 0 amide bonds. The van der Waals surface area contributed by atoms with E-state index in [2.05, 4.69) is 72.8 Å². The second kappa shape index (κ2) is 17.2. The van der Waals surface area contributed by atoms with E-state index in [0.29, 0.717) is 10.6 Å². The molecule has 0 spiro atoms. The molecule has 0 saturated heterocycles. The van der Waals surface area contributed by atoms with Crippen LogP contribution >= 0.6 is 13.8 Å². The lowest BCUT2D eigenvalue weighted by atomic mass is 10.0. The second-order valence-electron chi connectivity index (χ2n) is 13.8. The zero-order valence-corrected chi connectivity index (χ0v) is 33.3. The zero-order valence-electron chi connectivity index (χ0n) is 31.5. The molecule has 0 aliphatic heterocycles. The fraction of sp³-hybridized carbons (Fsp3) is 0.0189. The summed E-state index contributed by atoms with van der Waals surface area (Å²) in [5.74, 6) is -0.367. The fourth-order valence-electron chi connectivity index (χ4n) is 8.17. The van der Waals surface area contributed by atoms with Crippen molar-refractivity contribution in [2.75, 3.05) is 0 Å². The Bertz CT molecular complexity index is 2300. The maximum Gasteiger partial charge on any atom is 0.172 e. The van der Waals surface area contributed by atoms with Crippen LogP contribution in [-0.2, 0) is 9.59 Å². The highest BCUT2D eigenvalue weighted by Gasteiger charge is 2.38. The van der Waals surface area contributed by atoms with Crippen molar-refractivity contribution < 1.29 is 9.59 Å². The quantitative estimate of drug-likeness (QED) is 0.0919. The Balaban J connectivity index is 1.50. The molecule has 0 bridgehead atoms. The van der Waals surface area contributed by atoms with Crippen molar-refractivity contribution in [3.05, 3.63) is 254 Å². The van der Waals surface area contributed by atoms with Gasteiger partial charge in [-0.05, 0) is 56.7 Å². The largest absolute Gasteiger partial charge is 0.294 e. The molecule has 0 fully saturated rings. The minimum atomic E-state index is -2.90. The monoisotopic (exact) mass is 772 g/mol. The molecule has 2 nitrogen and oxygen atoms in total. The van der Waals surface area contributed by atoms with Gasteiger partial charge in [-0.3, -0.25) is 9.59 Å². The highest BCUT2D eigenvalue weighted by Crippen LogP contribution is 2.50. The van der Waals surface area contributed by atoms with E-state index in [1.165, 1.54) is 0 Å². The SMILES string of the molecule is O=C(CC(=O)C(c1ccccc1)=P(c1ccccc1)(c1ccccc1)c1ccccc1)C(c1ccccc1)=P(c1ccccc1)(c1ccccc1)c1ccccc1. The van der Waals surface area contributed by atoms with Crippen molar-refractivity contribution in [2.24, 2.45) is 0 Å². The Kier molecular flexibility index (Phi) is 11.4. The van der Waals surface area contributed by atoms with Gasteiger partial charge in [0.1, 0.15) is 0 Å². The number of carbonyl (C=O) groups excluding carboxylic acids is 2. The number of carbonyl (C=O) groups is 2. The molecular weight excluding hydrogens is 731 g/mol. The minimum Gasteiger partial charge on any atom is -0.294 e. The van der Waals surface area contributed by atoms with E-state index in [1.807, 2.05) is 170 Å². The van der Waals surface area contributed by atoms with Crippen LogP contribution in [-0.4, -0.2) is 22.2 Å². The van der Waals surface area contributed by atoms with Gasteiger partial charge in [0, 0.05) is 10.6 Å². The fourth-order valence-corrected chi connectivity index (χ4v) is 17.2. The molecular formula is C53H42O2P2. The summed E-state index contributed by atoms with van der Waals surface area (Å²) in [5, 5.41) is 7.63. The summed E-state index contributed by atoms with van der Waals surface area (Å²) >= 11 is 0. The molecule has 0 saturated carbocycles. The Labute approximate surface area is 336 Å². The predicted octanol–water partition coefficient (Wildman–Crippen LogP) is 8.94.